The molecule has 0 aromatic heterocycles. The SMILES string of the molecule is CN(C(=O)CCO)[C@@]1(Cc2ccc(Cl)cc2)CCCNC1. The second kappa shape index (κ2) is 7.25. The summed E-state index contributed by atoms with van der Waals surface area (Å²) in [6.45, 7) is 1.67. The molecular weight excluding hydrogens is 288 g/mol. The molecular formula is C16H23ClN2O2. The van der Waals surface area contributed by atoms with Crippen LogP contribution >= 0.6 is 11.6 Å². The summed E-state index contributed by atoms with van der Waals surface area (Å²) in [5, 5.41) is 13.1. The third kappa shape index (κ3) is 3.96. The summed E-state index contributed by atoms with van der Waals surface area (Å²) in [4.78, 5) is 14.0. The Bertz CT molecular complexity index is 470. The van der Waals surface area contributed by atoms with Gasteiger partial charge in [0.2, 0.25) is 5.91 Å². The highest BCUT2D eigenvalue weighted by atomic mass is 35.5. The standard InChI is InChI=1S/C16H23ClN2O2/c1-19(15(21)7-10-20)16(8-2-9-18-12-16)11-13-3-5-14(17)6-4-13/h3-6,18,20H,2,7-12H2,1H3/t16-/m1/s1. The highest BCUT2D eigenvalue weighted by Crippen LogP contribution is 2.28. The van der Waals surface area contributed by atoms with Gasteiger partial charge < -0.3 is 15.3 Å². The van der Waals surface area contributed by atoms with Gasteiger partial charge in [-0.2, -0.15) is 0 Å². The van der Waals surface area contributed by atoms with Crippen LogP contribution in [0, 0.1) is 0 Å². The maximum Gasteiger partial charge on any atom is 0.225 e. The predicted octanol–water partition coefficient (Wildman–Crippen LogP) is 1.85. The molecule has 1 saturated heterocycles. The fourth-order valence-corrected chi connectivity index (χ4v) is 3.14. The molecule has 1 fully saturated rings. The molecule has 4 nitrogen and oxygen atoms in total. The number of carbonyl (C=O) groups excluding carboxylic acids is 1. The van der Waals surface area contributed by atoms with E-state index >= 15 is 0 Å². The summed E-state index contributed by atoms with van der Waals surface area (Å²) >= 11 is 5.94. The van der Waals surface area contributed by atoms with E-state index in [4.69, 9.17) is 16.7 Å². The van der Waals surface area contributed by atoms with E-state index < -0.39 is 0 Å². The Morgan fingerprint density at radius 1 is 1.43 bits per heavy atom. The third-order valence-corrected chi connectivity index (χ3v) is 4.56. The van der Waals surface area contributed by atoms with Crippen LogP contribution in [0.4, 0.5) is 0 Å². The number of halogens is 1. The molecule has 0 radical (unpaired) electrons. The largest absolute Gasteiger partial charge is 0.396 e. The molecule has 0 unspecified atom stereocenters. The Balaban J connectivity index is 2.20. The molecule has 1 aliphatic heterocycles. The van der Waals surface area contributed by atoms with Crippen LogP contribution in [0.25, 0.3) is 0 Å². The summed E-state index contributed by atoms with van der Waals surface area (Å²) in [6, 6.07) is 7.80. The summed E-state index contributed by atoms with van der Waals surface area (Å²) < 4.78 is 0. The minimum atomic E-state index is -0.224. The fraction of sp³-hybridized carbons (Fsp3) is 0.562. The number of rotatable bonds is 5. The molecule has 1 aromatic carbocycles. The van der Waals surface area contributed by atoms with Crippen molar-refractivity contribution in [1.82, 2.24) is 10.2 Å². The molecule has 2 N–H and O–H groups in total. The lowest BCUT2D eigenvalue weighted by molar-refractivity contribution is -0.137. The average molecular weight is 311 g/mol. The van der Waals surface area contributed by atoms with Crippen molar-refractivity contribution >= 4 is 17.5 Å². The second-order valence-electron chi connectivity index (χ2n) is 5.73. The minimum Gasteiger partial charge on any atom is -0.396 e. The summed E-state index contributed by atoms with van der Waals surface area (Å²) in [6.07, 6.45) is 2.99. The van der Waals surface area contributed by atoms with E-state index in [9.17, 15) is 4.79 Å². The van der Waals surface area contributed by atoms with E-state index in [0.29, 0.717) is 0 Å². The number of aliphatic hydroxyl groups excluding tert-OH is 1. The molecule has 1 amide bonds. The number of likely N-dealkylation sites (N-methyl/N-ethyl adjacent to an activating group) is 1. The van der Waals surface area contributed by atoms with Crippen molar-refractivity contribution in [2.45, 2.75) is 31.2 Å². The van der Waals surface area contributed by atoms with Gasteiger partial charge in [0.25, 0.3) is 0 Å². The Kier molecular flexibility index (Phi) is 5.62. The first-order valence-corrected chi connectivity index (χ1v) is 7.78. The predicted molar refractivity (Wildman–Crippen MR) is 84.5 cm³/mol. The van der Waals surface area contributed by atoms with Crippen LogP contribution in [0.1, 0.15) is 24.8 Å². The van der Waals surface area contributed by atoms with E-state index in [1.54, 1.807) is 0 Å². The Morgan fingerprint density at radius 3 is 2.71 bits per heavy atom. The monoisotopic (exact) mass is 310 g/mol. The van der Waals surface area contributed by atoms with Gasteiger partial charge >= 0.3 is 0 Å². The number of hydrogen-bond donors (Lipinski definition) is 2. The zero-order valence-electron chi connectivity index (χ0n) is 12.4. The molecule has 0 bridgehead atoms. The normalized spacial score (nSPS) is 22.0. The summed E-state index contributed by atoms with van der Waals surface area (Å²) in [5.74, 6) is -0.00448. The number of aliphatic hydroxyl groups is 1. The molecule has 1 aromatic rings. The van der Waals surface area contributed by atoms with Gasteiger partial charge in [-0.25, -0.2) is 0 Å². The molecule has 5 heteroatoms. The van der Waals surface area contributed by atoms with Crippen LogP contribution in [0.2, 0.25) is 5.02 Å². The van der Waals surface area contributed by atoms with Gasteiger partial charge in [0, 0.05) is 25.0 Å². The Labute approximate surface area is 131 Å². The van der Waals surface area contributed by atoms with E-state index in [1.807, 2.05) is 36.2 Å². The lowest BCUT2D eigenvalue weighted by atomic mass is 9.82. The van der Waals surface area contributed by atoms with Crippen LogP contribution in [0.3, 0.4) is 0 Å². The first-order chi connectivity index (χ1) is 10.1. The van der Waals surface area contributed by atoms with Crippen LogP contribution in [0.5, 0.6) is 0 Å². The first kappa shape index (κ1) is 16.3. The Hall–Kier alpha value is -1.10. The van der Waals surface area contributed by atoms with Crippen molar-refractivity contribution < 1.29 is 9.90 Å². The smallest absolute Gasteiger partial charge is 0.225 e. The molecule has 21 heavy (non-hydrogen) atoms. The number of nitrogens with one attached hydrogen (secondary N) is 1. The van der Waals surface area contributed by atoms with Gasteiger partial charge in [-0.1, -0.05) is 23.7 Å². The van der Waals surface area contributed by atoms with E-state index in [0.717, 1.165) is 37.4 Å². The van der Waals surface area contributed by atoms with Crippen LogP contribution in [0.15, 0.2) is 24.3 Å². The van der Waals surface area contributed by atoms with Crippen molar-refractivity contribution in [3.8, 4) is 0 Å². The minimum absolute atomic E-state index is 0.00448. The van der Waals surface area contributed by atoms with Gasteiger partial charge in [0.15, 0.2) is 0 Å². The zero-order valence-corrected chi connectivity index (χ0v) is 13.2. The summed E-state index contributed by atoms with van der Waals surface area (Å²) in [5.41, 5.74) is 0.949. The molecule has 1 atom stereocenters. The Morgan fingerprint density at radius 2 is 2.14 bits per heavy atom. The topological polar surface area (TPSA) is 52.6 Å². The van der Waals surface area contributed by atoms with Gasteiger partial charge in [-0.3, -0.25) is 4.79 Å². The molecule has 0 aliphatic carbocycles. The van der Waals surface area contributed by atoms with Gasteiger partial charge in [-0.15, -0.1) is 0 Å². The summed E-state index contributed by atoms with van der Waals surface area (Å²) in [7, 11) is 1.85. The first-order valence-electron chi connectivity index (χ1n) is 7.40. The number of benzene rings is 1. The van der Waals surface area contributed by atoms with Crippen molar-refractivity contribution in [2.24, 2.45) is 0 Å². The van der Waals surface area contributed by atoms with Crippen LogP contribution in [-0.4, -0.2) is 48.2 Å². The molecule has 2 rings (SSSR count). The zero-order chi connectivity index (χ0) is 15.3. The molecule has 0 spiro atoms. The van der Waals surface area contributed by atoms with Gasteiger partial charge in [0.1, 0.15) is 0 Å². The maximum atomic E-state index is 12.2. The average Bonchev–Trinajstić information content (AvgIpc) is 2.50. The van der Waals surface area contributed by atoms with Crippen molar-refractivity contribution in [3.63, 3.8) is 0 Å². The van der Waals surface area contributed by atoms with Crippen LogP contribution in [-0.2, 0) is 11.2 Å². The molecule has 1 heterocycles. The molecule has 116 valence electrons. The molecule has 0 saturated carbocycles. The van der Waals surface area contributed by atoms with Gasteiger partial charge in [-0.05, 0) is 43.5 Å². The number of amides is 1. The highest BCUT2D eigenvalue weighted by molar-refractivity contribution is 6.30. The lowest BCUT2D eigenvalue weighted by Crippen LogP contribution is -2.59. The maximum absolute atomic E-state index is 12.2. The quantitative estimate of drug-likeness (QED) is 0.872. The van der Waals surface area contributed by atoms with Crippen molar-refractivity contribution in [2.75, 3.05) is 26.7 Å². The van der Waals surface area contributed by atoms with E-state index in [-0.39, 0.29) is 24.5 Å². The van der Waals surface area contributed by atoms with Crippen molar-refractivity contribution in [3.05, 3.63) is 34.9 Å². The highest BCUT2D eigenvalue weighted by Gasteiger charge is 2.38. The van der Waals surface area contributed by atoms with Crippen molar-refractivity contribution in [1.29, 1.82) is 0 Å². The third-order valence-electron chi connectivity index (χ3n) is 4.31. The second-order valence-corrected chi connectivity index (χ2v) is 6.17. The van der Waals surface area contributed by atoms with E-state index in [1.165, 1.54) is 5.56 Å². The number of hydrogen-bond acceptors (Lipinski definition) is 3. The fourth-order valence-electron chi connectivity index (χ4n) is 3.02. The van der Waals surface area contributed by atoms with Crippen LogP contribution < -0.4 is 5.32 Å². The van der Waals surface area contributed by atoms with E-state index in [2.05, 4.69) is 5.32 Å². The molecule has 1 aliphatic rings. The number of carbonyl (C=O) groups is 1. The lowest BCUT2D eigenvalue weighted by Gasteiger charge is -2.45. The number of piperidine rings is 1. The van der Waals surface area contributed by atoms with Gasteiger partial charge in [0.05, 0.1) is 12.1 Å². The number of nitrogens with zero attached hydrogens (tertiary/aromatic N) is 1.